The first kappa shape index (κ1) is 16.7. The van der Waals surface area contributed by atoms with Gasteiger partial charge in [0.05, 0.1) is 11.3 Å². The third-order valence-corrected chi connectivity index (χ3v) is 3.42. The average Bonchev–Trinajstić information content (AvgIpc) is 3.10. The van der Waals surface area contributed by atoms with Gasteiger partial charge in [-0.05, 0) is 29.8 Å². The number of halogens is 3. The topological polar surface area (TPSA) is 59.8 Å². The first-order valence-corrected chi connectivity index (χ1v) is 7.35. The maximum Gasteiger partial charge on any atom is 0.416 e. The minimum absolute atomic E-state index is 0.0529. The van der Waals surface area contributed by atoms with Gasteiger partial charge < -0.3 is 5.32 Å². The molecule has 0 aliphatic carbocycles. The predicted molar refractivity (Wildman–Crippen MR) is 84.0 cm³/mol. The molecule has 0 aliphatic heterocycles. The second kappa shape index (κ2) is 6.76. The summed E-state index contributed by atoms with van der Waals surface area (Å²) in [4.78, 5) is 16.0. The van der Waals surface area contributed by atoms with Gasteiger partial charge in [-0.25, -0.2) is 9.67 Å². The molecule has 0 unspecified atom stereocenters. The van der Waals surface area contributed by atoms with Gasteiger partial charge in [-0.1, -0.05) is 30.3 Å². The van der Waals surface area contributed by atoms with Crippen molar-refractivity contribution in [1.82, 2.24) is 20.1 Å². The first-order valence-electron chi connectivity index (χ1n) is 7.35. The van der Waals surface area contributed by atoms with Crippen LogP contribution in [0.1, 0.15) is 21.7 Å². The van der Waals surface area contributed by atoms with E-state index in [1.165, 1.54) is 23.1 Å². The maximum atomic E-state index is 12.7. The van der Waals surface area contributed by atoms with Crippen LogP contribution >= 0.6 is 0 Å². The number of hydrogen-bond donors (Lipinski definition) is 1. The molecule has 3 rings (SSSR count). The van der Waals surface area contributed by atoms with Crippen LogP contribution in [0.25, 0.3) is 5.69 Å². The van der Waals surface area contributed by atoms with Crippen molar-refractivity contribution in [1.29, 1.82) is 0 Å². The van der Waals surface area contributed by atoms with Gasteiger partial charge in [-0.2, -0.15) is 13.2 Å². The molecule has 0 spiro atoms. The van der Waals surface area contributed by atoms with Crippen LogP contribution in [0.4, 0.5) is 13.2 Å². The molecule has 0 saturated carbocycles. The Hall–Kier alpha value is -3.16. The summed E-state index contributed by atoms with van der Waals surface area (Å²) in [5.41, 5.74) is 0.323. The Labute approximate surface area is 141 Å². The number of hydrogen-bond acceptors (Lipinski definition) is 3. The zero-order chi connectivity index (χ0) is 17.9. The fourth-order valence-corrected chi connectivity index (χ4v) is 2.19. The van der Waals surface area contributed by atoms with E-state index in [4.69, 9.17) is 0 Å². The van der Waals surface area contributed by atoms with Crippen molar-refractivity contribution in [3.8, 4) is 5.69 Å². The van der Waals surface area contributed by atoms with Gasteiger partial charge in [0.2, 0.25) is 5.82 Å². The number of benzene rings is 2. The summed E-state index contributed by atoms with van der Waals surface area (Å²) in [5.74, 6) is -0.622. The Kier molecular flexibility index (Phi) is 4.51. The van der Waals surface area contributed by atoms with Crippen molar-refractivity contribution >= 4 is 5.91 Å². The highest BCUT2D eigenvalue weighted by Crippen LogP contribution is 2.29. The molecular formula is C17H13F3N4O. The van der Waals surface area contributed by atoms with Gasteiger partial charge >= 0.3 is 6.18 Å². The standard InChI is InChI=1S/C17H13F3N4O/c18-17(19,20)13-6-4-5-12(9-13)10-21-16(25)15-22-11-24(23-15)14-7-2-1-3-8-14/h1-9,11H,10H2,(H,21,25). The number of para-hydroxylation sites is 1. The lowest BCUT2D eigenvalue weighted by atomic mass is 10.1. The monoisotopic (exact) mass is 346 g/mol. The fourth-order valence-electron chi connectivity index (χ4n) is 2.19. The normalized spacial score (nSPS) is 11.3. The van der Waals surface area contributed by atoms with Gasteiger partial charge in [0.25, 0.3) is 5.91 Å². The number of carbonyl (C=O) groups excluding carboxylic acids is 1. The van der Waals surface area contributed by atoms with Gasteiger partial charge in [0, 0.05) is 6.54 Å². The molecular weight excluding hydrogens is 333 g/mol. The molecule has 0 saturated heterocycles. The molecule has 0 fully saturated rings. The number of carbonyl (C=O) groups is 1. The minimum Gasteiger partial charge on any atom is -0.345 e. The van der Waals surface area contributed by atoms with Gasteiger partial charge in [-0.15, -0.1) is 5.10 Å². The molecule has 128 valence electrons. The van der Waals surface area contributed by atoms with Crippen molar-refractivity contribution in [2.24, 2.45) is 0 Å². The Balaban J connectivity index is 1.67. The lowest BCUT2D eigenvalue weighted by molar-refractivity contribution is -0.137. The van der Waals surface area contributed by atoms with Gasteiger partial charge in [0.1, 0.15) is 6.33 Å². The average molecular weight is 346 g/mol. The molecule has 3 aromatic rings. The largest absolute Gasteiger partial charge is 0.416 e. The van der Waals surface area contributed by atoms with Crippen molar-refractivity contribution in [2.75, 3.05) is 0 Å². The second-order valence-electron chi connectivity index (χ2n) is 5.23. The molecule has 0 aliphatic rings. The predicted octanol–water partition coefficient (Wildman–Crippen LogP) is 3.22. The van der Waals surface area contributed by atoms with Gasteiger partial charge in [-0.3, -0.25) is 4.79 Å². The Morgan fingerprint density at radius 2 is 1.84 bits per heavy atom. The van der Waals surface area contributed by atoms with E-state index in [9.17, 15) is 18.0 Å². The van der Waals surface area contributed by atoms with Crippen LogP contribution < -0.4 is 5.32 Å². The van der Waals surface area contributed by atoms with Crippen LogP contribution in [0.3, 0.4) is 0 Å². The molecule has 5 nitrogen and oxygen atoms in total. The fraction of sp³-hybridized carbons (Fsp3) is 0.118. The van der Waals surface area contributed by atoms with E-state index in [-0.39, 0.29) is 12.4 Å². The summed E-state index contributed by atoms with van der Waals surface area (Å²) in [5, 5.41) is 6.58. The van der Waals surface area contributed by atoms with E-state index in [0.29, 0.717) is 5.56 Å². The molecule has 2 aromatic carbocycles. The highest BCUT2D eigenvalue weighted by molar-refractivity contribution is 5.90. The number of nitrogens with zero attached hydrogens (tertiary/aromatic N) is 3. The van der Waals surface area contributed by atoms with E-state index in [0.717, 1.165) is 17.8 Å². The molecule has 0 atom stereocenters. The molecule has 1 amide bonds. The Morgan fingerprint density at radius 3 is 2.56 bits per heavy atom. The van der Waals surface area contributed by atoms with E-state index in [2.05, 4.69) is 15.4 Å². The van der Waals surface area contributed by atoms with Crippen LogP contribution in [-0.4, -0.2) is 20.7 Å². The Bertz CT molecular complexity index is 875. The number of aromatic nitrogens is 3. The summed E-state index contributed by atoms with van der Waals surface area (Å²) in [6.07, 6.45) is -3.02. The summed E-state index contributed by atoms with van der Waals surface area (Å²) < 4.78 is 39.5. The molecule has 1 aromatic heterocycles. The molecule has 1 heterocycles. The maximum absolute atomic E-state index is 12.7. The zero-order valence-corrected chi connectivity index (χ0v) is 12.9. The van der Waals surface area contributed by atoms with E-state index >= 15 is 0 Å². The van der Waals surface area contributed by atoms with Crippen molar-refractivity contribution in [2.45, 2.75) is 12.7 Å². The lowest BCUT2D eigenvalue weighted by Gasteiger charge is -2.09. The molecule has 8 heteroatoms. The van der Waals surface area contributed by atoms with Crippen molar-refractivity contribution < 1.29 is 18.0 Å². The third-order valence-electron chi connectivity index (χ3n) is 3.42. The minimum atomic E-state index is -4.42. The van der Waals surface area contributed by atoms with Crippen molar-refractivity contribution in [3.05, 3.63) is 77.9 Å². The molecule has 1 N–H and O–H groups in total. The molecule has 0 radical (unpaired) electrons. The highest BCUT2D eigenvalue weighted by atomic mass is 19.4. The van der Waals surface area contributed by atoms with E-state index in [1.807, 2.05) is 18.2 Å². The number of rotatable bonds is 4. The lowest BCUT2D eigenvalue weighted by Crippen LogP contribution is -2.24. The number of nitrogens with one attached hydrogen (secondary N) is 1. The number of amides is 1. The summed E-state index contributed by atoms with van der Waals surface area (Å²) in [6, 6.07) is 13.9. The van der Waals surface area contributed by atoms with Crippen LogP contribution in [0, 0.1) is 0 Å². The second-order valence-corrected chi connectivity index (χ2v) is 5.23. The Morgan fingerprint density at radius 1 is 1.08 bits per heavy atom. The quantitative estimate of drug-likeness (QED) is 0.789. The summed E-state index contributed by atoms with van der Waals surface area (Å²) in [6.45, 7) is -0.0529. The van der Waals surface area contributed by atoms with Crippen molar-refractivity contribution in [3.63, 3.8) is 0 Å². The van der Waals surface area contributed by atoms with Crippen LogP contribution in [0.2, 0.25) is 0 Å². The number of alkyl halides is 3. The zero-order valence-electron chi connectivity index (χ0n) is 12.9. The SMILES string of the molecule is O=C(NCc1cccc(C(F)(F)F)c1)c1ncn(-c2ccccc2)n1. The first-order chi connectivity index (χ1) is 11.9. The van der Waals surface area contributed by atoms with Gasteiger partial charge in [0.15, 0.2) is 0 Å². The van der Waals surface area contributed by atoms with Crippen LogP contribution in [0.5, 0.6) is 0 Å². The van der Waals surface area contributed by atoms with Crippen LogP contribution in [-0.2, 0) is 12.7 Å². The van der Waals surface area contributed by atoms with Crippen LogP contribution in [0.15, 0.2) is 60.9 Å². The third kappa shape index (κ3) is 4.03. The smallest absolute Gasteiger partial charge is 0.345 e. The van der Waals surface area contributed by atoms with E-state index < -0.39 is 17.6 Å². The summed E-state index contributed by atoms with van der Waals surface area (Å²) in [7, 11) is 0. The van der Waals surface area contributed by atoms with E-state index in [1.54, 1.807) is 12.1 Å². The molecule has 0 bridgehead atoms. The highest BCUT2D eigenvalue weighted by Gasteiger charge is 2.30. The summed E-state index contributed by atoms with van der Waals surface area (Å²) >= 11 is 0. The molecule has 25 heavy (non-hydrogen) atoms.